The molecule has 2 aromatic carbocycles. The normalized spacial score (nSPS) is 12.8. The first-order valence-electron chi connectivity index (χ1n) is 8.03. The minimum atomic E-state index is -3.72. The quantitative estimate of drug-likeness (QED) is 0.342. The third-order valence-electron chi connectivity index (χ3n) is 3.76. The fraction of sp³-hybridized carbons (Fsp3) is 0.278. The molecule has 0 fully saturated rings. The monoisotopic (exact) mass is 525 g/mol. The fourth-order valence-electron chi connectivity index (χ4n) is 2.37. The first-order valence-corrected chi connectivity index (χ1v) is 10.1. The second-order valence-corrected chi connectivity index (χ2v) is 8.18. The third-order valence-corrected chi connectivity index (χ3v) is 5.74. The zero-order valence-electron chi connectivity index (χ0n) is 14.9. The van der Waals surface area contributed by atoms with Gasteiger partial charge in [-0.1, -0.05) is 35.9 Å². The van der Waals surface area contributed by atoms with Gasteiger partial charge in [0.15, 0.2) is 15.8 Å². The zero-order valence-corrected chi connectivity index (χ0v) is 18.8. The lowest BCUT2D eigenvalue weighted by atomic mass is 10.1. The summed E-state index contributed by atoms with van der Waals surface area (Å²) in [5.41, 5.74) is 0.972. The van der Waals surface area contributed by atoms with Crippen LogP contribution < -0.4 is 10.6 Å². The van der Waals surface area contributed by atoms with Crippen LogP contribution in [-0.4, -0.2) is 33.7 Å². The molecule has 0 aromatic heterocycles. The van der Waals surface area contributed by atoms with E-state index in [4.69, 9.17) is 11.6 Å². The summed E-state index contributed by atoms with van der Waals surface area (Å²) < 4.78 is 38.2. The molecule has 2 N–H and O–H groups in total. The van der Waals surface area contributed by atoms with Crippen molar-refractivity contribution in [2.75, 3.05) is 19.3 Å². The van der Waals surface area contributed by atoms with Gasteiger partial charge in [0.2, 0.25) is 0 Å². The number of sulfone groups is 1. The van der Waals surface area contributed by atoms with Gasteiger partial charge in [-0.25, -0.2) is 12.8 Å². The van der Waals surface area contributed by atoms with Crippen LogP contribution in [0.3, 0.4) is 0 Å². The number of halogens is 3. The highest BCUT2D eigenvalue weighted by Gasteiger charge is 2.18. The molecule has 0 spiro atoms. The third kappa shape index (κ3) is 6.93. The van der Waals surface area contributed by atoms with Gasteiger partial charge in [0, 0.05) is 18.6 Å². The average molecular weight is 526 g/mol. The largest absolute Gasteiger partial charge is 0.355 e. The van der Waals surface area contributed by atoms with Gasteiger partial charge in [0.1, 0.15) is 10.7 Å². The van der Waals surface area contributed by atoms with Crippen LogP contribution in [0.2, 0.25) is 5.02 Å². The molecule has 2 rings (SSSR count). The minimum absolute atomic E-state index is 0. The molecule has 0 amide bonds. The van der Waals surface area contributed by atoms with E-state index in [1.54, 1.807) is 13.1 Å². The second kappa shape index (κ2) is 10.8. The first kappa shape index (κ1) is 23.6. The molecule has 1 atom stereocenters. The molecule has 0 bridgehead atoms. The molecule has 5 nitrogen and oxygen atoms in total. The van der Waals surface area contributed by atoms with Crippen LogP contribution in [0.5, 0.6) is 0 Å². The number of hydrogen-bond acceptors (Lipinski definition) is 3. The van der Waals surface area contributed by atoms with E-state index in [0.29, 0.717) is 11.0 Å². The highest BCUT2D eigenvalue weighted by atomic mass is 127. The maximum Gasteiger partial charge on any atom is 0.191 e. The summed E-state index contributed by atoms with van der Waals surface area (Å²) in [5.74, 6) is -0.550. The van der Waals surface area contributed by atoms with Crippen molar-refractivity contribution in [3.05, 3.63) is 64.9 Å². The molecule has 0 aliphatic heterocycles. The lowest BCUT2D eigenvalue weighted by molar-refractivity contribution is 0.566. The minimum Gasteiger partial charge on any atom is -0.355 e. The van der Waals surface area contributed by atoms with E-state index < -0.39 is 15.7 Å². The number of nitrogens with zero attached hydrogens (tertiary/aromatic N) is 1. The van der Waals surface area contributed by atoms with E-state index in [0.717, 1.165) is 11.6 Å². The molecule has 0 radical (unpaired) electrons. The molecular formula is C18H22ClFIN3O2S. The van der Waals surface area contributed by atoms with Crippen molar-refractivity contribution in [2.45, 2.75) is 17.9 Å². The Balaban J connectivity index is 0.00000364. The summed E-state index contributed by atoms with van der Waals surface area (Å²) in [6.45, 7) is 2.03. The Morgan fingerprint density at radius 2 is 1.93 bits per heavy atom. The molecule has 27 heavy (non-hydrogen) atoms. The molecule has 0 saturated carbocycles. The lowest BCUT2D eigenvalue weighted by Crippen LogP contribution is -2.40. The summed E-state index contributed by atoms with van der Waals surface area (Å²) in [6, 6.07) is 12.7. The van der Waals surface area contributed by atoms with Crippen LogP contribution >= 0.6 is 35.6 Å². The van der Waals surface area contributed by atoms with E-state index in [1.165, 1.54) is 18.2 Å². The van der Waals surface area contributed by atoms with Crippen molar-refractivity contribution < 1.29 is 12.8 Å². The number of aliphatic imine (C=N–C) groups is 1. The number of nitrogens with one attached hydrogen (secondary N) is 2. The number of benzene rings is 2. The highest BCUT2D eigenvalue weighted by molar-refractivity contribution is 14.0. The van der Waals surface area contributed by atoms with Crippen LogP contribution in [0.1, 0.15) is 18.5 Å². The second-order valence-electron chi connectivity index (χ2n) is 5.67. The van der Waals surface area contributed by atoms with Gasteiger partial charge in [-0.2, -0.15) is 0 Å². The van der Waals surface area contributed by atoms with Crippen molar-refractivity contribution >= 4 is 51.4 Å². The summed E-state index contributed by atoms with van der Waals surface area (Å²) in [6.07, 6.45) is 0. The maximum atomic E-state index is 13.7. The average Bonchev–Trinajstić information content (AvgIpc) is 2.60. The van der Waals surface area contributed by atoms with Crippen molar-refractivity contribution in [2.24, 2.45) is 4.99 Å². The Kier molecular flexibility index (Phi) is 9.48. The van der Waals surface area contributed by atoms with E-state index >= 15 is 0 Å². The van der Waals surface area contributed by atoms with Gasteiger partial charge in [0.05, 0.1) is 11.8 Å². The Hall–Kier alpha value is -1.39. The Morgan fingerprint density at radius 1 is 1.22 bits per heavy atom. The van der Waals surface area contributed by atoms with Crippen molar-refractivity contribution in [3.8, 4) is 0 Å². The smallest absolute Gasteiger partial charge is 0.191 e. The summed E-state index contributed by atoms with van der Waals surface area (Å²) in [7, 11) is -2.13. The van der Waals surface area contributed by atoms with Crippen LogP contribution in [-0.2, 0) is 9.84 Å². The molecule has 148 valence electrons. The predicted molar refractivity (Wildman–Crippen MR) is 118 cm³/mol. The van der Waals surface area contributed by atoms with Crippen molar-refractivity contribution in [1.29, 1.82) is 0 Å². The van der Waals surface area contributed by atoms with E-state index in [9.17, 15) is 12.8 Å². The van der Waals surface area contributed by atoms with Crippen molar-refractivity contribution in [1.82, 2.24) is 10.6 Å². The molecule has 0 aliphatic rings. The zero-order chi connectivity index (χ0) is 19.2. The van der Waals surface area contributed by atoms with Crippen LogP contribution in [0.4, 0.5) is 4.39 Å². The summed E-state index contributed by atoms with van der Waals surface area (Å²) in [5, 5.41) is 6.73. The Morgan fingerprint density at radius 3 is 2.56 bits per heavy atom. The highest BCUT2D eigenvalue weighted by Crippen LogP contribution is 2.17. The molecule has 9 heteroatoms. The van der Waals surface area contributed by atoms with Gasteiger partial charge in [-0.05, 0) is 36.8 Å². The first-order chi connectivity index (χ1) is 12.3. The van der Waals surface area contributed by atoms with Gasteiger partial charge in [-0.15, -0.1) is 24.0 Å². The van der Waals surface area contributed by atoms with E-state index in [1.807, 2.05) is 25.1 Å². The van der Waals surface area contributed by atoms with Gasteiger partial charge in [-0.3, -0.25) is 4.99 Å². The van der Waals surface area contributed by atoms with Crippen molar-refractivity contribution in [3.63, 3.8) is 0 Å². The summed E-state index contributed by atoms with van der Waals surface area (Å²) >= 11 is 5.99. The predicted octanol–water partition coefficient (Wildman–Crippen LogP) is 3.80. The number of rotatable bonds is 6. The molecule has 0 saturated heterocycles. The number of guanidine groups is 1. The van der Waals surface area contributed by atoms with E-state index in [-0.39, 0.29) is 47.2 Å². The van der Waals surface area contributed by atoms with Gasteiger partial charge in [0.25, 0.3) is 0 Å². The molecule has 0 aliphatic carbocycles. The molecular weight excluding hydrogens is 504 g/mol. The fourth-order valence-corrected chi connectivity index (χ4v) is 3.81. The molecule has 2 aromatic rings. The molecule has 0 heterocycles. The van der Waals surface area contributed by atoms with Crippen LogP contribution in [0, 0.1) is 5.82 Å². The van der Waals surface area contributed by atoms with Crippen LogP contribution in [0.25, 0.3) is 0 Å². The van der Waals surface area contributed by atoms with Crippen LogP contribution in [0.15, 0.2) is 58.4 Å². The Labute approximate surface area is 181 Å². The van der Waals surface area contributed by atoms with E-state index in [2.05, 4.69) is 15.6 Å². The number of hydrogen-bond donors (Lipinski definition) is 2. The van der Waals surface area contributed by atoms with Gasteiger partial charge >= 0.3 is 0 Å². The van der Waals surface area contributed by atoms with Gasteiger partial charge < -0.3 is 10.6 Å². The standard InChI is InChI=1S/C18H21ClFN3O2S.HI/c1-13(14-6-5-7-15(19)12-14)23-18(21-2)22-10-11-26(24,25)17-9-4-3-8-16(17)20;/h3-9,12-13H,10-11H2,1-2H3,(H2,21,22,23);1H. The SMILES string of the molecule is CN=C(NCCS(=O)(=O)c1ccccc1F)NC(C)c1cccc(Cl)c1.I. The topological polar surface area (TPSA) is 70.6 Å². The maximum absolute atomic E-state index is 13.7. The molecule has 1 unspecified atom stereocenters. The lowest BCUT2D eigenvalue weighted by Gasteiger charge is -2.18. The Bertz CT molecular complexity index is 894. The summed E-state index contributed by atoms with van der Waals surface area (Å²) in [4.78, 5) is 3.78.